The zero-order chi connectivity index (χ0) is 22.2. The fourth-order valence-electron chi connectivity index (χ4n) is 2.99. The third-order valence-electron chi connectivity index (χ3n) is 4.53. The molecule has 8 heteroatoms. The highest BCUT2D eigenvalue weighted by Gasteiger charge is 2.16. The number of methoxy groups -OCH3 is 1. The summed E-state index contributed by atoms with van der Waals surface area (Å²) in [6.07, 6.45) is 0. The zero-order valence-electron chi connectivity index (χ0n) is 17.5. The van der Waals surface area contributed by atoms with Crippen LogP contribution in [0, 0.1) is 0 Å². The van der Waals surface area contributed by atoms with Crippen LogP contribution in [0.2, 0.25) is 0 Å². The number of rotatable bonds is 9. The molecular formula is C24H22N4O2S2. The Balaban J connectivity index is 1.46. The number of benzene rings is 3. The van der Waals surface area contributed by atoms with Gasteiger partial charge >= 0.3 is 0 Å². The molecule has 0 aliphatic heterocycles. The van der Waals surface area contributed by atoms with Crippen LogP contribution in [0.25, 0.3) is 5.69 Å². The van der Waals surface area contributed by atoms with Gasteiger partial charge in [-0.15, -0.1) is 22.0 Å². The van der Waals surface area contributed by atoms with E-state index >= 15 is 0 Å². The molecule has 32 heavy (non-hydrogen) atoms. The maximum atomic E-state index is 12.5. The minimum absolute atomic E-state index is 0.108. The Bertz CT molecular complexity index is 1150. The molecule has 6 nitrogen and oxygen atoms in total. The number of nitrogens with one attached hydrogen (secondary N) is 1. The Morgan fingerprint density at radius 1 is 0.906 bits per heavy atom. The van der Waals surface area contributed by atoms with E-state index in [1.807, 2.05) is 77.4 Å². The van der Waals surface area contributed by atoms with Crippen LogP contribution in [0.3, 0.4) is 0 Å². The lowest BCUT2D eigenvalue weighted by Crippen LogP contribution is -2.14. The Labute approximate surface area is 195 Å². The average Bonchev–Trinajstić information content (AvgIpc) is 3.26. The van der Waals surface area contributed by atoms with E-state index < -0.39 is 0 Å². The first-order valence-electron chi connectivity index (χ1n) is 9.97. The van der Waals surface area contributed by atoms with Crippen molar-refractivity contribution in [3.05, 3.63) is 90.8 Å². The molecule has 0 fully saturated rings. The molecule has 0 atom stereocenters. The summed E-state index contributed by atoms with van der Waals surface area (Å²) in [5.74, 6) is 2.37. The van der Waals surface area contributed by atoms with Gasteiger partial charge in [-0.1, -0.05) is 48.2 Å². The summed E-state index contributed by atoms with van der Waals surface area (Å²) in [4.78, 5) is 13.7. The molecule has 1 N–H and O–H groups in total. The number of aromatic nitrogens is 3. The van der Waals surface area contributed by atoms with E-state index in [4.69, 9.17) is 4.74 Å². The SMILES string of the molecule is COc1ccc(NC(=O)CSc2nnc(CSc3ccccc3)n2-c2ccccc2)cc1. The maximum absolute atomic E-state index is 12.5. The summed E-state index contributed by atoms with van der Waals surface area (Å²) in [6, 6.07) is 27.4. The van der Waals surface area contributed by atoms with Gasteiger partial charge in [-0.25, -0.2) is 0 Å². The number of thioether (sulfide) groups is 2. The predicted octanol–water partition coefficient (Wildman–Crippen LogP) is 5.30. The quantitative estimate of drug-likeness (QED) is 0.341. The van der Waals surface area contributed by atoms with E-state index in [-0.39, 0.29) is 11.7 Å². The van der Waals surface area contributed by atoms with Crippen LogP contribution >= 0.6 is 23.5 Å². The van der Waals surface area contributed by atoms with Crippen molar-refractivity contribution >= 4 is 35.1 Å². The topological polar surface area (TPSA) is 69.0 Å². The van der Waals surface area contributed by atoms with Crippen molar-refractivity contribution in [2.45, 2.75) is 15.8 Å². The zero-order valence-corrected chi connectivity index (χ0v) is 19.1. The van der Waals surface area contributed by atoms with Gasteiger partial charge in [0.25, 0.3) is 0 Å². The van der Waals surface area contributed by atoms with Crippen molar-refractivity contribution in [3.63, 3.8) is 0 Å². The number of amides is 1. The second kappa shape index (κ2) is 10.9. The average molecular weight is 463 g/mol. The van der Waals surface area contributed by atoms with Gasteiger partial charge in [0.2, 0.25) is 5.91 Å². The first-order chi connectivity index (χ1) is 15.7. The van der Waals surface area contributed by atoms with Gasteiger partial charge in [0, 0.05) is 16.3 Å². The summed E-state index contributed by atoms with van der Waals surface area (Å²) in [7, 11) is 1.61. The fraction of sp³-hybridized carbons (Fsp3) is 0.125. The summed E-state index contributed by atoms with van der Waals surface area (Å²) >= 11 is 3.07. The van der Waals surface area contributed by atoms with E-state index in [1.165, 1.54) is 16.7 Å². The van der Waals surface area contributed by atoms with E-state index in [9.17, 15) is 4.79 Å². The summed E-state index contributed by atoms with van der Waals surface area (Å²) in [6.45, 7) is 0. The Morgan fingerprint density at radius 3 is 2.28 bits per heavy atom. The molecule has 0 aliphatic carbocycles. The molecular weight excluding hydrogens is 440 g/mol. The third-order valence-corrected chi connectivity index (χ3v) is 6.47. The fourth-order valence-corrected chi connectivity index (χ4v) is 4.59. The molecule has 0 saturated heterocycles. The lowest BCUT2D eigenvalue weighted by molar-refractivity contribution is -0.113. The molecule has 0 bridgehead atoms. The molecule has 4 rings (SSSR count). The van der Waals surface area contributed by atoms with Crippen LogP contribution in [0.1, 0.15) is 5.82 Å². The van der Waals surface area contributed by atoms with Crippen molar-refractivity contribution in [1.29, 1.82) is 0 Å². The van der Waals surface area contributed by atoms with Gasteiger partial charge in [-0.05, 0) is 48.5 Å². The Kier molecular flexibility index (Phi) is 7.47. The van der Waals surface area contributed by atoms with Crippen LogP contribution in [-0.2, 0) is 10.5 Å². The van der Waals surface area contributed by atoms with Crippen molar-refractivity contribution in [2.24, 2.45) is 0 Å². The second-order valence-corrected chi connectivity index (χ2v) is 8.73. The number of nitrogens with zero attached hydrogens (tertiary/aromatic N) is 3. The largest absolute Gasteiger partial charge is 0.497 e. The molecule has 0 spiro atoms. The van der Waals surface area contributed by atoms with E-state index in [0.717, 1.165) is 22.9 Å². The smallest absolute Gasteiger partial charge is 0.234 e. The molecule has 0 radical (unpaired) electrons. The highest BCUT2D eigenvalue weighted by Crippen LogP contribution is 2.27. The number of carbonyl (C=O) groups excluding carboxylic acids is 1. The van der Waals surface area contributed by atoms with Crippen molar-refractivity contribution < 1.29 is 9.53 Å². The molecule has 0 unspecified atom stereocenters. The van der Waals surface area contributed by atoms with E-state index in [0.29, 0.717) is 10.9 Å². The maximum Gasteiger partial charge on any atom is 0.234 e. The molecule has 1 heterocycles. The van der Waals surface area contributed by atoms with Crippen LogP contribution in [-0.4, -0.2) is 33.5 Å². The van der Waals surface area contributed by atoms with E-state index in [1.54, 1.807) is 18.9 Å². The van der Waals surface area contributed by atoms with Gasteiger partial charge in [0.15, 0.2) is 5.16 Å². The minimum Gasteiger partial charge on any atom is -0.497 e. The lowest BCUT2D eigenvalue weighted by Gasteiger charge is -2.10. The third kappa shape index (κ3) is 5.72. The molecule has 1 aromatic heterocycles. The Hall–Kier alpha value is -3.23. The van der Waals surface area contributed by atoms with Crippen LogP contribution in [0.5, 0.6) is 5.75 Å². The lowest BCUT2D eigenvalue weighted by atomic mass is 10.3. The summed E-state index contributed by atoms with van der Waals surface area (Å²) in [5.41, 5.74) is 1.69. The number of anilines is 1. The first-order valence-corrected chi connectivity index (χ1v) is 11.9. The van der Waals surface area contributed by atoms with Gasteiger partial charge in [0.1, 0.15) is 11.6 Å². The minimum atomic E-state index is -0.108. The number of para-hydroxylation sites is 1. The normalized spacial score (nSPS) is 10.7. The van der Waals surface area contributed by atoms with Crippen LogP contribution < -0.4 is 10.1 Å². The number of hydrogen-bond acceptors (Lipinski definition) is 6. The number of hydrogen-bond donors (Lipinski definition) is 1. The standard InChI is InChI=1S/C24H22N4O2S2/c1-30-20-14-12-18(13-15-20)25-23(29)17-32-24-27-26-22(16-31-21-10-6-3-7-11-21)28(24)19-8-4-2-5-9-19/h2-15H,16-17H2,1H3,(H,25,29). The highest BCUT2D eigenvalue weighted by molar-refractivity contribution is 7.99. The van der Waals surface area contributed by atoms with Crippen molar-refractivity contribution in [3.8, 4) is 11.4 Å². The molecule has 1 amide bonds. The van der Waals surface area contributed by atoms with Crippen LogP contribution in [0.4, 0.5) is 5.69 Å². The summed E-state index contributed by atoms with van der Waals surface area (Å²) in [5, 5.41) is 12.4. The highest BCUT2D eigenvalue weighted by atomic mass is 32.2. The molecule has 4 aromatic rings. The molecule has 0 aliphatic rings. The molecule has 0 saturated carbocycles. The molecule has 162 valence electrons. The van der Waals surface area contributed by atoms with Gasteiger partial charge in [0.05, 0.1) is 18.6 Å². The van der Waals surface area contributed by atoms with Crippen molar-refractivity contribution in [1.82, 2.24) is 14.8 Å². The van der Waals surface area contributed by atoms with Gasteiger partial charge in [-0.3, -0.25) is 9.36 Å². The Morgan fingerprint density at radius 2 is 1.59 bits per heavy atom. The van der Waals surface area contributed by atoms with Crippen molar-refractivity contribution in [2.75, 3.05) is 18.2 Å². The summed E-state index contributed by atoms with van der Waals surface area (Å²) < 4.78 is 7.16. The number of carbonyl (C=O) groups is 1. The van der Waals surface area contributed by atoms with E-state index in [2.05, 4.69) is 27.6 Å². The monoisotopic (exact) mass is 462 g/mol. The van der Waals surface area contributed by atoms with Gasteiger partial charge < -0.3 is 10.1 Å². The van der Waals surface area contributed by atoms with Crippen LogP contribution in [0.15, 0.2) is 95.0 Å². The first kappa shape index (κ1) is 22.0. The number of ether oxygens (including phenoxy) is 1. The molecule has 3 aromatic carbocycles. The second-order valence-electron chi connectivity index (χ2n) is 6.74. The van der Waals surface area contributed by atoms with Gasteiger partial charge in [-0.2, -0.15) is 0 Å². The predicted molar refractivity (Wildman–Crippen MR) is 130 cm³/mol.